The van der Waals surface area contributed by atoms with Gasteiger partial charge >= 0.3 is 5.69 Å². The molecule has 0 unspecified atom stereocenters. The molecular weight excluding hydrogens is 270 g/mol. The number of nitrogen functional groups attached to an aromatic ring is 1. The maximum atomic E-state index is 12.0. The first-order chi connectivity index (χ1) is 9.93. The maximum Gasteiger partial charge on any atom is 0.330 e. The minimum absolute atomic E-state index is 0.0787. The van der Waals surface area contributed by atoms with Crippen molar-refractivity contribution in [1.82, 2.24) is 19.4 Å². The molecule has 1 fully saturated rings. The average molecular weight is 295 g/mol. The van der Waals surface area contributed by atoms with Gasteiger partial charge in [-0.1, -0.05) is 6.92 Å². The minimum Gasteiger partial charge on any atom is -0.385 e. The van der Waals surface area contributed by atoms with Crippen molar-refractivity contribution in [2.45, 2.75) is 33.4 Å². The van der Waals surface area contributed by atoms with E-state index in [9.17, 15) is 9.59 Å². The highest BCUT2D eigenvalue weighted by atomic mass is 16.2. The lowest BCUT2D eigenvalue weighted by Crippen LogP contribution is -2.47. The standard InChI is InChI=1S/C14H25N5O2/c1-4-17-5-7-18(8-6-17)9-11-12(15)19(10(2)3)14(21)16-13(11)20/h10H,4-9,15H2,1-3H3,(H,16,20,21). The molecule has 1 aromatic heterocycles. The summed E-state index contributed by atoms with van der Waals surface area (Å²) in [4.78, 5) is 30.8. The predicted octanol–water partition coefficient (Wildman–Crippen LogP) is -0.163. The number of aromatic amines is 1. The smallest absolute Gasteiger partial charge is 0.330 e. The lowest BCUT2D eigenvalue weighted by molar-refractivity contribution is 0.131. The van der Waals surface area contributed by atoms with E-state index in [0.717, 1.165) is 32.7 Å². The molecule has 0 saturated carbocycles. The van der Waals surface area contributed by atoms with Gasteiger partial charge in [0.2, 0.25) is 0 Å². The second-order valence-corrected chi connectivity index (χ2v) is 5.80. The average Bonchev–Trinajstić information content (AvgIpc) is 2.43. The van der Waals surface area contributed by atoms with Crippen molar-refractivity contribution in [2.24, 2.45) is 0 Å². The Labute approximate surface area is 124 Å². The summed E-state index contributed by atoms with van der Waals surface area (Å²) in [6.45, 7) is 11.3. The largest absolute Gasteiger partial charge is 0.385 e. The number of nitrogens with one attached hydrogen (secondary N) is 1. The highest BCUT2D eigenvalue weighted by molar-refractivity contribution is 5.38. The molecule has 0 spiro atoms. The zero-order valence-electron chi connectivity index (χ0n) is 13.1. The van der Waals surface area contributed by atoms with E-state index >= 15 is 0 Å². The van der Waals surface area contributed by atoms with Crippen LogP contribution in [0.15, 0.2) is 9.59 Å². The second kappa shape index (κ2) is 6.44. The molecule has 1 saturated heterocycles. The number of hydrogen-bond donors (Lipinski definition) is 2. The van der Waals surface area contributed by atoms with Crippen molar-refractivity contribution in [3.63, 3.8) is 0 Å². The van der Waals surface area contributed by atoms with Crippen molar-refractivity contribution in [3.05, 3.63) is 26.4 Å². The number of anilines is 1. The number of piperazine rings is 1. The molecule has 0 radical (unpaired) electrons. The van der Waals surface area contributed by atoms with Gasteiger partial charge in [0.15, 0.2) is 0 Å². The quantitative estimate of drug-likeness (QED) is 0.806. The van der Waals surface area contributed by atoms with E-state index in [-0.39, 0.29) is 17.4 Å². The molecule has 1 aliphatic heterocycles. The second-order valence-electron chi connectivity index (χ2n) is 5.80. The Morgan fingerprint density at radius 1 is 1.14 bits per heavy atom. The van der Waals surface area contributed by atoms with E-state index in [0.29, 0.717) is 12.1 Å². The maximum absolute atomic E-state index is 12.0. The van der Waals surface area contributed by atoms with Crippen LogP contribution in [0.25, 0.3) is 0 Å². The molecular formula is C14H25N5O2. The normalized spacial score (nSPS) is 17.5. The van der Waals surface area contributed by atoms with Gasteiger partial charge in [-0.25, -0.2) is 4.79 Å². The summed E-state index contributed by atoms with van der Waals surface area (Å²) in [5.74, 6) is 0.289. The molecule has 2 rings (SSSR count). The Hall–Kier alpha value is -1.60. The summed E-state index contributed by atoms with van der Waals surface area (Å²) in [7, 11) is 0. The lowest BCUT2D eigenvalue weighted by Gasteiger charge is -2.34. The van der Waals surface area contributed by atoms with Gasteiger partial charge in [0.05, 0.1) is 5.56 Å². The van der Waals surface area contributed by atoms with Crippen LogP contribution in [0, 0.1) is 0 Å². The fourth-order valence-electron chi connectivity index (χ4n) is 2.76. The zero-order valence-corrected chi connectivity index (χ0v) is 13.1. The van der Waals surface area contributed by atoms with Gasteiger partial charge in [-0.3, -0.25) is 19.2 Å². The Morgan fingerprint density at radius 2 is 1.71 bits per heavy atom. The summed E-state index contributed by atoms with van der Waals surface area (Å²) >= 11 is 0. The van der Waals surface area contributed by atoms with E-state index in [2.05, 4.69) is 21.7 Å². The molecule has 0 bridgehead atoms. The molecule has 0 amide bonds. The first kappa shape index (κ1) is 15.8. The number of aromatic nitrogens is 2. The Kier molecular flexibility index (Phi) is 4.84. The number of H-pyrrole nitrogens is 1. The third-order valence-electron chi connectivity index (χ3n) is 4.09. The monoisotopic (exact) mass is 295 g/mol. The van der Waals surface area contributed by atoms with Crippen molar-refractivity contribution in [1.29, 1.82) is 0 Å². The van der Waals surface area contributed by atoms with Gasteiger partial charge in [-0.15, -0.1) is 0 Å². The first-order valence-electron chi connectivity index (χ1n) is 7.52. The number of hydrogen-bond acceptors (Lipinski definition) is 5. The molecule has 0 aliphatic carbocycles. The van der Waals surface area contributed by atoms with E-state index < -0.39 is 5.69 Å². The van der Waals surface area contributed by atoms with Crippen LogP contribution in [-0.2, 0) is 6.54 Å². The fraction of sp³-hybridized carbons (Fsp3) is 0.714. The van der Waals surface area contributed by atoms with Gasteiger partial charge in [0, 0.05) is 38.8 Å². The molecule has 118 valence electrons. The SMILES string of the molecule is CCN1CCN(Cc2c(N)n(C(C)C)c(=O)[nH]c2=O)CC1. The molecule has 7 heteroatoms. The number of rotatable bonds is 4. The van der Waals surface area contributed by atoms with Crippen LogP contribution in [0.5, 0.6) is 0 Å². The van der Waals surface area contributed by atoms with Crippen LogP contribution in [0.1, 0.15) is 32.4 Å². The summed E-state index contributed by atoms with van der Waals surface area (Å²) in [5, 5.41) is 0. The predicted molar refractivity (Wildman–Crippen MR) is 83.5 cm³/mol. The lowest BCUT2D eigenvalue weighted by atomic mass is 10.2. The van der Waals surface area contributed by atoms with Crippen molar-refractivity contribution in [3.8, 4) is 0 Å². The minimum atomic E-state index is -0.438. The summed E-state index contributed by atoms with van der Waals surface area (Å²) in [5.41, 5.74) is 5.75. The highest BCUT2D eigenvalue weighted by Gasteiger charge is 2.20. The van der Waals surface area contributed by atoms with Crippen LogP contribution >= 0.6 is 0 Å². The number of nitrogens with zero attached hydrogens (tertiary/aromatic N) is 3. The Bertz CT molecular complexity index is 596. The van der Waals surface area contributed by atoms with Gasteiger partial charge < -0.3 is 10.6 Å². The van der Waals surface area contributed by atoms with Crippen molar-refractivity contribution < 1.29 is 0 Å². The van der Waals surface area contributed by atoms with E-state index in [4.69, 9.17) is 5.73 Å². The fourth-order valence-corrected chi connectivity index (χ4v) is 2.76. The molecule has 21 heavy (non-hydrogen) atoms. The molecule has 3 N–H and O–H groups in total. The Balaban J connectivity index is 2.23. The van der Waals surface area contributed by atoms with E-state index in [1.807, 2.05) is 13.8 Å². The molecule has 0 atom stereocenters. The van der Waals surface area contributed by atoms with Crippen LogP contribution in [0.3, 0.4) is 0 Å². The van der Waals surface area contributed by atoms with Gasteiger partial charge in [0.25, 0.3) is 5.56 Å². The molecule has 0 aromatic carbocycles. The van der Waals surface area contributed by atoms with Gasteiger partial charge in [0.1, 0.15) is 5.82 Å². The number of likely N-dealkylation sites (N-methyl/N-ethyl adjacent to an activating group) is 1. The van der Waals surface area contributed by atoms with E-state index in [1.165, 1.54) is 4.57 Å². The van der Waals surface area contributed by atoms with Crippen molar-refractivity contribution >= 4 is 5.82 Å². The Morgan fingerprint density at radius 3 is 2.24 bits per heavy atom. The molecule has 2 heterocycles. The van der Waals surface area contributed by atoms with Gasteiger partial charge in [-0.05, 0) is 20.4 Å². The number of nitrogens with two attached hydrogens (primary N) is 1. The third kappa shape index (κ3) is 3.36. The van der Waals surface area contributed by atoms with Crippen LogP contribution in [0.4, 0.5) is 5.82 Å². The summed E-state index contributed by atoms with van der Waals surface area (Å²) < 4.78 is 1.44. The third-order valence-corrected chi connectivity index (χ3v) is 4.09. The first-order valence-corrected chi connectivity index (χ1v) is 7.52. The van der Waals surface area contributed by atoms with Crippen LogP contribution in [-0.4, -0.2) is 52.1 Å². The molecule has 1 aromatic rings. The van der Waals surface area contributed by atoms with Crippen molar-refractivity contribution in [2.75, 3.05) is 38.5 Å². The van der Waals surface area contributed by atoms with E-state index in [1.54, 1.807) is 0 Å². The van der Waals surface area contributed by atoms with Crippen LogP contribution < -0.4 is 17.0 Å². The highest BCUT2D eigenvalue weighted by Crippen LogP contribution is 2.13. The van der Waals surface area contributed by atoms with Crippen LogP contribution in [0.2, 0.25) is 0 Å². The molecule has 7 nitrogen and oxygen atoms in total. The summed E-state index contributed by atoms with van der Waals surface area (Å²) in [6, 6.07) is -0.0787. The zero-order chi connectivity index (χ0) is 15.6. The topological polar surface area (TPSA) is 87.4 Å². The van der Waals surface area contributed by atoms with Gasteiger partial charge in [-0.2, -0.15) is 0 Å². The summed E-state index contributed by atoms with van der Waals surface area (Å²) in [6.07, 6.45) is 0. The molecule has 1 aliphatic rings.